The molecule has 124 valence electrons. The Morgan fingerprint density at radius 3 is 3.00 bits per heavy atom. The standard InChI is InChI=1S/C16H16BrN5OS/c17-10-4-3-5-11(8-10)19-14-13-15(21-16(24)20-14)22(9-18-13)12-6-1-2-7-23-12/h3-5,8-9,12H,1-2,6-7H2,(H2,19,20,21,24). The number of anilines is 2. The minimum Gasteiger partial charge on any atom is -0.358 e. The van der Waals surface area contributed by atoms with Gasteiger partial charge in [0.1, 0.15) is 6.23 Å². The Hall–Kier alpha value is -1.64. The van der Waals surface area contributed by atoms with Crippen molar-refractivity contribution in [3.8, 4) is 0 Å². The summed E-state index contributed by atoms with van der Waals surface area (Å²) < 4.78 is 8.82. The van der Waals surface area contributed by atoms with Gasteiger partial charge in [0, 0.05) is 16.8 Å². The zero-order valence-electron chi connectivity index (χ0n) is 12.8. The van der Waals surface area contributed by atoms with Gasteiger partial charge in [-0.2, -0.15) is 0 Å². The van der Waals surface area contributed by atoms with E-state index in [2.05, 4.69) is 48.8 Å². The van der Waals surface area contributed by atoms with E-state index >= 15 is 0 Å². The van der Waals surface area contributed by atoms with Gasteiger partial charge in [-0.15, -0.1) is 12.6 Å². The molecule has 1 atom stereocenters. The van der Waals surface area contributed by atoms with Crippen LogP contribution in [-0.4, -0.2) is 26.1 Å². The second kappa shape index (κ2) is 6.70. The molecule has 1 aromatic carbocycles. The number of halogens is 1. The van der Waals surface area contributed by atoms with Crippen LogP contribution in [0.2, 0.25) is 0 Å². The maximum absolute atomic E-state index is 5.86. The molecular weight excluding hydrogens is 390 g/mol. The van der Waals surface area contributed by atoms with Gasteiger partial charge in [-0.05, 0) is 37.5 Å². The molecule has 0 bridgehead atoms. The van der Waals surface area contributed by atoms with Crippen LogP contribution in [0.1, 0.15) is 25.5 Å². The van der Waals surface area contributed by atoms with Crippen molar-refractivity contribution in [2.24, 2.45) is 0 Å². The molecule has 3 heterocycles. The smallest absolute Gasteiger partial charge is 0.188 e. The fourth-order valence-electron chi connectivity index (χ4n) is 2.85. The minimum absolute atomic E-state index is 0.0231. The first-order valence-corrected chi connectivity index (χ1v) is 9.02. The van der Waals surface area contributed by atoms with Crippen molar-refractivity contribution in [1.29, 1.82) is 0 Å². The Kier molecular flexibility index (Phi) is 4.43. The van der Waals surface area contributed by atoms with Crippen molar-refractivity contribution in [1.82, 2.24) is 19.5 Å². The van der Waals surface area contributed by atoms with Crippen LogP contribution >= 0.6 is 28.6 Å². The Labute approximate surface area is 153 Å². The molecule has 1 unspecified atom stereocenters. The van der Waals surface area contributed by atoms with Gasteiger partial charge in [0.05, 0.1) is 6.33 Å². The van der Waals surface area contributed by atoms with E-state index in [0.29, 0.717) is 16.5 Å². The third-order valence-electron chi connectivity index (χ3n) is 3.96. The van der Waals surface area contributed by atoms with Crippen molar-refractivity contribution in [2.75, 3.05) is 11.9 Å². The summed E-state index contributed by atoms with van der Waals surface area (Å²) >= 11 is 7.82. The molecular formula is C16H16BrN5OS. The van der Waals surface area contributed by atoms with Crippen LogP contribution in [0.25, 0.3) is 11.2 Å². The molecule has 8 heteroatoms. The fraction of sp³-hybridized carbons (Fsp3) is 0.312. The van der Waals surface area contributed by atoms with E-state index in [-0.39, 0.29) is 6.23 Å². The van der Waals surface area contributed by atoms with Crippen LogP contribution < -0.4 is 5.32 Å². The highest BCUT2D eigenvalue weighted by atomic mass is 79.9. The zero-order valence-corrected chi connectivity index (χ0v) is 15.3. The predicted molar refractivity (Wildman–Crippen MR) is 98.8 cm³/mol. The molecule has 1 N–H and O–H groups in total. The number of hydrogen-bond donors (Lipinski definition) is 2. The highest BCUT2D eigenvalue weighted by molar-refractivity contribution is 9.10. The Bertz CT molecular complexity index is 878. The highest BCUT2D eigenvalue weighted by Gasteiger charge is 2.21. The average Bonchev–Trinajstić information content (AvgIpc) is 2.99. The molecule has 4 rings (SSSR count). The van der Waals surface area contributed by atoms with Crippen LogP contribution in [0.3, 0.4) is 0 Å². The molecule has 1 aliphatic rings. The molecule has 0 aliphatic carbocycles. The summed E-state index contributed by atoms with van der Waals surface area (Å²) in [5, 5.41) is 3.70. The van der Waals surface area contributed by atoms with Crippen molar-refractivity contribution in [3.05, 3.63) is 35.1 Å². The number of fused-ring (bicyclic) bond motifs is 1. The predicted octanol–water partition coefficient (Wildman–Crippen LogP) is 4.32. The Morgan fingerprint density at radius 2 is 2.21 bits per heavy atom. The summed E-state index contributed by atoms with van der Waals surface area (Å²) in [7, 11) is 0. The van der Waals surface area contributed by atoms with E-state index in [4.69, 9.17) is 4.74 Å². The number of hydrogen-bond acceptors (Lipinski definition) is 6. The van der Waals surface area contributed by atoms with E-state index in [9.17, 15) is 0 Å². The van der Waals surface area contributed by atoms with E-state index in [0.717, 1.165) is 41.7 Å². The molecule has 0 radical (unpaired) electrons. The third kappa shape index (κ3) is 3.13. The second-order valence-electron chi connectivity index (χ2n) is 5.65. The van der Waals surface area contributed by atoms with Crippen LogP contribution in [0.15, 0.2) is 40.2 Å². The van der Waals surface area contributed by atoms with Gasteiger partial charge in [0.15, 0.2) is 22.1 Å². The first-order chi connectivity index (χ1) is 11.7. The maximum Gasteiger partial charge on any atom is 0.188 e. The summed E-state index contributed by atoms with van der Waals surface area (Å²) in [4.78, 5) is 13.4. The van der Waals surface area contributed by atoms with Gasteiger partial charge in [-0.1, -0.05) is 22.0 Å². The molecule has 1 saturated heterocycles. The SMILES string of the molecule is Sc1nc(Nc2cccc(Br)c2)c2ncn(C3CCCCO3)c2n1. The highest BCUT2D eigenvalue weighted by Crippen LogP contribution is 2.29. The minimum atomic E-state index is -0.0231. The molecule has 6 nitrogen and oxygen atoms in total. The van der Waals surface area contributed by atoms with Crippen LogP contribution in [-0.2, 0) is 4.74 Å². The number of imidazole rings is 1. The summed E-state index contributed by atoms with van der Waals surface area (Å²) in [6.07, 6.45) is 4.96. The second-order valence-corrected chi connectivity index (χ2v) is 6.97. The summed E-state index contributed by atoms with van der Waals surface area (Å²) in [5.74, 6) is 0.637. The molecule has 0 saturated carbocycles. The normalized spacial score (nSPS) is 18.0. The molecule has 2 aromatic heterocycles. The Morgan fingerprint density at radius 1 is 1.29 bits per heavy atom. The lowest BCUT2D eigenvalue weighted by Gasteiger charge is -2.23. The molecule has 1 aliphatic heterocycles. The summed E-state index contributed by atoms with van der Waals surface area (Å²) in [6.45, 7) is 0.770. The van der Waals surface area contributed by atoms with Gasteiger partial charge in [-0.25, -0.2) is 15.0 Å². The number of rotatable bonds is 3. The van der Waals surface area contributed by atoms with E-state index in [1.165, 1.54) is 0 Å². The molecule has 0 amide bonds. The summed E-state index contributed by atoms with van der Waals surface area (Å²) in [5.41, 5.74) is 2.36. The maximum atomic E-state index is 5.86. The number of aromatic nitrogens is 4. The first-order valence-electron chi connectivity index (χ1n) is 7.78. The number of ether oxygens (including phenoxy) is 1. The lowest BCUT2D eigenvalue weighted by Crippen LogP contribution is -2.17. The quantitative estimate of drug-likeness (QED) is 0.501. The van der Waals surface area contributed by atoms with Gasteiger partial charge in [0.25, 0.3) is 0 Å². The van der Waals surface area contributed by atoms with Crippen molar-refractivity contribution < 1.29 is 4.74 Å². The lowest BCUT2D eigenvalue weighted by atomic mass is 10.2. The van der Waals surface area contributed by atoms with Crippen LogP contribution in [0, 0.1) is 0 Å². The molecule has 24 heavy (non-hydrogen) atoms. The van der Waals surface area contributed by atoms with Gasteiger partial charge >= 0.3 is 0 Å². The molecule has 1 fully saturated rings. The lowest BCUT2D eigenvalue weighted by molar-refractivity contribution is -0.0298. The van der Waals surface area contributed by atoms with E-state index in [1.807, 2.05) is 28.8 Å². The fourth-order valence-corrected chi connectivity index (χ4v) is 3.44. The average molecular weight is 406 g/mol. The monoisotopic (exact) mass is 405 g/mol. The number of nitrogens with one attached hydrogen (secondary N) is 1. The van der Waals surface area contributed by atoms with Crippen molar-refractivity contribution in [2.45, 2.75) is 30.6 Å². The number of nitrogens with zero attached hydrogens (tertiary/aromatic N) is 4. The van der Waals surface area contributed by atoms with Crippen LogP contribution in [0.5, 0.6) is 0 Å². The Balaban J connectivity index is 1.74. The van der Waals surface area contributed by atoms with Crippen LogP contribution in [0.4, 0.5) is 11.5 Å². The molecule has 3 aromatic rings. The largest absolute Gasteiger partial charge is 0.358 e. The third-order valence-corrected chi connectivity index (χ3v) is 4.66. The summed E-state index contributed by atoms with van der Waals surface area (Å²) in [6, 6.07) is 7.88. The van der Waals surface area contributed by atoms with E-state index < -0.39 is 0 Å². The van der Waals surface area contributed by atoms with Gasteiger partial charge in [-0.3, -0.25) is 4.57 Å². The zero-order chi connectivity index (χ0) is 16.5. The molecule has 0 spiro atoms. The number of benzene rings is 1. The van der Waals surface area contributed by atoms with E-state index in [1.54, 1.807) is 6.33 Å². The van der Waals surface area contributed by atoms with Crippen molar-refractivity contribution in [3.63, 3.8) is 0 Å². The first kappa shape index (κ1) is 15.9. The number of thiol groups is 1. The van der Waals surface area contributed by atoms with Crippen molar-refractivity contribution >= 4 is 51.2 Å². The topological polar surface area (TPSA) is 64.9 Å². The van der Waals surface area contributed by atoms with Gasteiger partial charge < -0.3 is 10.1 Å². The van der Waals surface area contributed by atoms with Gasteiger partial charge in [0.2, 0.25) is 0 Å².